The van der Waals surface area contributed by atoms with Gasteiger partial charge >= 0.3 is 0 Å². The number of methoxy groups -OCH3 is 1. The van der Waals surface area contributed by atoms with Crippen LogP contribution in [-0.4, -0.2) is 49.3 Å². The predicted octanol–water partition coefficient (Wildman–Crippen LogP) is 1.60. The molecule has 0 radical (unpaired) electrons. The summed E-state index contributed by atoms with van der Waals surface area (Å²) in [5.41, 5.74) is 2.19. The number of anilines is 1. The van der Waals surface area contributed by atoms with Crippen molar-refractivity contribution < 1.29 is 22.4 Å². The van der Waals surface area contributed by atoms with E-state index >= 15 is 0 Å². The number of ether oxygens (including phenoxy) is 1. The lowest BCUT2D eigenvalue weighted by molar-refractivity contribution is -0.918. The van der Waals surface area contributed by atoms with E-state index in [1.807, 2.05) is 31.1 Å². The minimum atomic E-state index is -3.83. The minimum Gasteiger partial charge on any atom is -0.494 e. The van der Waals surface area contributed by atoms with Crippen molar-refractivity contribution >= 4 is 15.7 Å². The molecule has 2 N–H and O–H groups in total. The van der Waals surface area contributed by atoms with Crippen molar-refractivity contribution in [1.82, 2.24) is 4.72 Å². The molecule has 1 heterocycles. The van der Waals surface area contributed by atoms with Gasteiger partial charge in [0.05, 0.1) is 31.6 Å². The standard InChI is InChI=1S/C21H28FN3O3S/c1-24(2)17-8-6-16(7-9-17)20(25-12-4-5-13-25)15-23-29(26,27)18-10-11-21(28-3)19(22)14-18/h6-11,14,20,23H,4-5,12-13,15H2,1-3H3/p+1/t20-/m1/s1. The molecule has 0 bridgehead atoms. The molecular formula is C21H29FN3O3S+. The molecule has 1 saturated heterocycles. The van der Waals surface area contributed by atoms with Crippen molar-refractivity contribution in [3.63, 3.8) is 0 Å². The first-order chi connectivity index (χ1) is 13.8. The van der Waals surface area contributed by atoms with Crippen molar-refractivity contribution in [3.05, 3.63) is 53.8 Å². The van der Waals surface area contributed by atoms with Crippen molar-refractivity contribution in [1.29, 1.82) is 0 Å². The highest BCUT2D eigenvalue weighted by molar-refractivity contribution is 7.89. The zero-order valence-electron chi connectivity index (χ0n) is 17.1. The zero-order valence-corrected chi connectivity index (χ0v) is 17.9. The lowest BCUT2D eigenvalue weighted by Gasteiger charge is -2.26. The topological polar surface area (TPSA) is 63.1 Å². The van der Waals surface area contributed by atoms with E-state index in [0.29, 0.717) is 0 Å². The second-order valence-corrected chi connectivity index (χ2v) is 9.32. The Balaban J connectivity index is 1.80. The first-order valence-corrected chi connectivity index (χ1v) is 11.2. The van der Waals surface area contributed by atoms with E-state index < -0.39 is 15.8 Å². The highest BCUT2D eigenvalue weighted by Crippen LogP contribution is 2.21. The van der Waals surface area contributed by atoms with Gasteiger partial charge < -0.3 is 14.5 Å². The molecule has 0 aliphatic carbocycles. The predicted molar refractivity (Wildman–Crippen MR) is 112 cm³/mol. The Kier molecular flexibility index (Phi) is 6.77. The maximum Gasteiger partial charge on any atom is 0.240 e. The minimum absolute atomic E-state index is 0.00609. The number of rotatable bonds is 8. The summed E-state index contributed by atoms with van der Waals surface area (Å²) < 4.78 is 47.0. The van der Waals surface area contributed by atoms with Gasteiger partial charge in [0.1, 0.15) is 6.04 Å². The number of benzene rings is 2. The van der Waals surface area contributed by atoms with Crippen LogP contribution < -0.4 is 19.3 Å². The summed E-state index contributed by atoms with van der Waals surface area (Å²) >= 11 is 0. The van der Waals surface area contributed by atoms with Crippen LogP contribution in [0.2, 0.25) is 0 Å². The van der Waals surface area contributed by atoms with Crippen LogP contribution in [0.3, 0.4) is 0 Å². The second-order valence-electron chi connectivity index (χ2n) is 7.55. The summed E-state index contributed by atoms with van der Waals surface area (Å²) in [4.78, 5) is 3.29. The molecule has 2 aromatic rings. The van der Waals surface area contributed by atoms with Gasteiger partial charge in [-0.25, -0.2) is 17.5 Å². The molecule has 2 aromatic carbocycles. The van der Waals surface area contributed by atoms with Crippen LogP contribution in [0.5, 0.6) is 5.75 Å². The third kappa shape index (κ3) is 5.07. The third-order valence-corrected chi connectivity index (χ3v) is 6.88. The summed E-state index contributed by atoms with van der Waals surface area (Å²) in [5.74, 6) is -0.680. The van der Waals surface area contributed by atoms with Gasteiger partial charge in [-0.15, -0.1) is 0 Å². The van der Waals surface area contributed by atoms with Crippen LogP contribution in [0.15, 0.2) is 47.4 Å². The molecule has 0 saturated carbocycles. The molecule has 0 aromatic heterocycles. The Hall–Kier alpha value is -2.16. The number of likely N-dealkylation sites (tertiary alicyclic amines) is 1. The molecular weight excluding hydrogens is 393 g/mol. The third-order valence-electron chi connectivity index (χ3n) is 5.46. The normalized spacial score (nSPS) is 16.0. The molecule has 1 atom stereocenters. The lowest BCUT2D eigenvalue weighted by Crippen LogP contribution is -3.11. The summed E-state index contributed by atoms with van der Waals surface area (Å²) in [6.07, 6.45) is 2.27. The van der Waals surface area contributed by atoms with E-state index in [1.165, 1.54) is 24.1 Å². The Morgan fingerprint density at radius 3 is 2.34 bits per heavy atom. The average molecular weight is 423 g/mol. The molecule has 0 unspecified atom stereocenters. The number of sulfonamides is 1. The summed E-state index contributed by atoms with van der Waals surface area (Å²) in [6.45, 7) is 2.28. The van der Waals surface area contributed by atoms with Gasteiger partial charge in [-0.3, -0.25) is 0 Å². The number of nitrogens with zero attached hydrogens (tertiary/aromatic N) is 1. The zero-order chi connectivity index (χ0) is 21.0. The van der Waals surface area contributed by atoms with E-state index in [-0.39, 0.29) is 23.2 Å². The van der Waals surface area contributed by atoms with Crippen molar-refractivity contribution in [2.75, 3.05) is 45.7 Å². The largest absolute Gasteiger partial charge is 0.494 e. The number of nitrogens with one attached hydrogen (secondary N) is 2. The maximum atomic E-state index is 14.0. The number of hydrogen-bond donors (Lipinski definition) is 2. The van der Waals surface area contributed by atoms with E-state index in [9.17, 15) is 12.8 Å². The molecule has 6 nitrogen and oxygen atoms in total. The van der Waals surface area contributed by atoms with Gasteiger partial charge in [-0.1, -0.05) is 12.1 Å². The van der Waals surface area contributed by atoms with Gasteiger partial charge in [0.2, 0.25) is 10.0 Å². The molecule has 0 amide bonds. The van der Waals surface area contributed by atoms with Gasteiger partial charge in [0, 0.05) is 38.2 Å². The molecule has 1 aliphatic rings. The quantitative estimate of drug-likeness (QED) is 0.678. The molecule has 0 spiro atoms. The fraction of sp³-hybridized carbons (Fsp3) is 0.429. The van der Waals surface area contributed by atoms with Gasteiger partial charge in [0.15, 0.2) is 11.6 Å². The SMILES string of the molecule is COc1ccc(S(=O)(=O)NC[C@H](c2ccc(N(C)C)cc2)[NH+]2CCCC2)cc1F. The van der Waals surface area contributed by atoms with E-state index in [1.54, 1.807) is 0 Å². The maximum absolute atomic E-state index is 14.0. The average Bonchev–Trinajstić information content (AvgIpc) is 3.23. The molecule has 158 valence electrons. The first kappa shape index (κ1) is 21.5. The lowest BCUT2D eigenvalue weighted by atomic mass is 10.1. The van der Waals surface area contributed by atoms with Gasteiger partial charge in [0.25, 0.3) is 0 Å². The van der Waals surface area contributed by atoms with Gasteiger partial charge in [-0.05, 0) is 30.3 Å². The number of quaternary nitrogens is 1. The molecule has 1 fully saturated rings. The monoisotopic (exact) mass is 422 g/mol. The van der Waals surface area contributed by atoms with Crippen LogP contribution in [-0.2, 0) is 10.0 Å². The highest BCUT2D eigenvalue weighted by atomic mass is 32.2. The molecule has 1 aliphatic heterocycles. The van der Waals surface area contributed by atoms with Gasteiger partial charge in [-0.2, -0.15) is 0 Å². The number of hydrogen-bond acceptors (Lipinski definition) is 4. The highest BCUT2D eigenvalue weighted by Gasteiger charge is 2.29. The fourth-order valence-corrected chi connectivity index (χ4v) is 4.83. The van der Waals surface area contributed by atoms with Crippen molar-refractivity contribution in [2.45, 2.75) is 23.8 Å². The van der Waals surface area contributed by atoms with Crippen molar-refractivity contribution in [2.24, 2.45) is 0 Å². The molecule has 8 heteroatoms. The smallest absolute Gasteiger partial charge is 0.240 e. The van der Waals surface area contributed by atoms with Crippen molar-refractivity contribution in [3.8, 4) is 5.75 Å². The number of halogens is 1. The van der Waals surface area contributed by atoms with Crippen LogP contribution in [0.4, 0.5) is 10.1 Å². The Morgan fingerprint density at radius 1 is 1.14 bits per heavy atom. The van der Waals surface area contributed by atoms with Crippen LogP contribution in [0, 0.1) is 5.82 Å². The van der Waals surface area contributed by atoms with Crippen LogP contribution in [0.25, 0.3) is 0 Å². The molecule has 3 rings (SSSR count). The molecule has 29 heavy (non-hydrogen) atoms. The van der Waals surface area contributed by atoms with E-state index in [0.717, 1.165) is 43.2 Å². The van der Waals surface area contributed by atoms with Crippen LogP contribution >= 0.6 is 0 Å². The second kappa shape index (κ2) is 9.11. The summed E-state index contributed by atoms with van der Waals surface area (Å²) in [7, 11) is 1.49. The van der Waals surface area contributed by atoms with E-state index in [4.69, 9.17) is 4.74 Å². The summed E-state index contributed by atoms with van der Waals surface area (Å²) in [5, 5.41) is 0. The van der Waals surface area contributed by atoms with E-state index in [2.05, 4.69) is 16.9 Å². The first-order valence-electron chi connectivity index (χ1n) is 9.77. The fourth-order valence-electron chi connectivity index (χ4n) is 3.77. The Morgan fingerprint density at radius 2 is 1.79 bits per heavy atom. The Bertz CT molecular complexity index is 927. The Labute approximate surface area is 172 Å². The van der Waals surface area contributed by atoms with Crippen LogP contribution in [0.1, 0.15) is 24.4 Å². The summed E-state index contributed by atoms with van der Waals surface area (Å²) in [6, 6.07) is 11.9.